The fraction of sp³-hybridized carbons (Fsp3) is 0.0500. The first kappa shape index (κ1) is 24.5. The third-order valence-electron chi connectivity index (χ3n) is 8.71. The molecule has 0 unspecified atom stereocenters. The Hall–Kier alpha value is -5.34. The highest BCUT2D eigenvalue weighted by Crippen LogP contribution is 2.44. The first-order valence-electron chi connectivity index (χ1n) is 14.4. The van der Waals surface area contributed by atoms with Crippen LogP contribution in [0, 0.1) is 13.8 Å². The molecule has 0 saturated heterocycles. The maximum atomic E-state index is 5.15. The Balaban J connectivity index is 1.47. The second-order valence-corrected chi connectivity index (χ2v) is 11.2. The van der Waals surface area contributed by atoms with Crippen molar-refractivity contribution in [2.75, 3.05) is 0 Å². The second-order valence-electron chi connectivity index (χ2n) is 11.2. The molecule has 6 aromatic rings. The minimum absolute atomic E-state index is 0.932. The van der Waals surface area contributed by atoms with Crippen molar-refractivity contribution in [3.8, 4) is 22.4 Å². The zero-order valence-corrected chi connectivity index (χ0v) is 23.6. The Bertz CT molecular complexity index is 2450. The fourth-order valence-electron chi connectivity index (χ4n) is 6.62. The van der Waals surface area contributed by atoms with Gasteiger partial charge in [0.25, 0.3) is 0 Å². The van der Waals surface area contributed by atoms with E-state index in [0.29, 0.717) is 0 Å². The summed E-state index contributed by atoms with van der Waals surface area (Å²) in [6, 6.07) is 41.2. The van der Waals surface area contributed by atoms with Crippen LogP contribution in [0.1, 0.15) is 11.1 Å². The SMILES string of the molecule is C=c1c2cccc3c2-c(c(C)cccc(C)c2ccccc12)c1cc(-c2ccc4ccc5cccnc5c4n2)ccc13. The molecule has 2 aliphatic rings. The first-order chi connectivity index (χ1) is 20.6. The Kier molecular flexibility index (Phi) is 5.45. The largest absolute Gasteiger partial charge is 0.254 e. The summed E-state index contributed by atoms with van der Waals surface area (Å²) in [6.07, 6.45) is 1.84. The van der Waals surface area contributed by atoms with Gasteiger partial charge < -0.3 is 0 Å². The molecule has 0 bridgehead atoms. The van der Waals surface area contributed by atoms with Gasteiger partial charge in [0.2, 0.25) is 0 Å². The van der Waals surface area contributed by atoms with E-state index in [1.165, 1.54) is 54.6 Å². The fourth-order valence-corrected chi connectivity index (χ4v) is 6.62. The predicted molar refractivity (Wildman–Crippen MR) is 179 cm³/mol. The van der Waals surface area contributed by atoms with E-state index in [1.807, 2.05) is 12.3 Å². The average molecular weight is 537 g/mol. The molecule has 42 heavy (non-hydrogen) atoms. The zero-order valence-electron chi connectivity index (χ0n) is 23.6. The molecular weight excluding hydrogens is 508 g/mol. The van der Waals surface area contributed by atoms with Crippen LogP contribution in [0.4, 0.5) is 0 Å². The highest BCUT2D eigenvalue weighted by Gasteiger charge is 2.19. The summed E-state index contributed by atoms with van der Waals surface area (Å²) in [7, 11) is 0. The Labute approximate surface area is 244 Å². The number of hydrogen-bond acceptors (Lipinski definition) is 2. The minimum atomic E-state index is 0.932. The van der Waals surface area contributed by atoms with E-state index in [0.717, 1.165) is 38.3 Å². The van der Waals surface area contributed by atoms with Gasteiger partial charge in [0.05, 0.1) is 16.7 Å². The maximum absolute atomic E-state index is 5.15. The van der Waals surface area contributed by atoms with Crippen molar-refractivity contribution in [1.29, 1.82) is 0 Å². The van der Waals surface area contributed by atoms with Crippen LogP contribution in [0.25, 0.3) is 83.1 Å². The molecule has 0 aliphatic heterocycles. The van der Waals surface area contributed by atoms with E-state index in [-0.39, 0.29) is 0 Å². The summed E-state index contributed by atoms with van der Waals surface area (Å²) >= 11 is 0. The topological polar surface area (TPSA) is 25.8 Å². The maximum Gasteiger partial charge on any atom is 0.0972 e. The molecule has 0 saturated carbocycles. The summed E-state index contributed by atoms with van der Waals surface area (Å²) in [5, 5.41) is 10.5. The zero-order chi connectivity index (χ0) is 28.4. The van der Waals surface area contributed by atoms with Gasteiger partial charge in [0.15, 0.2) is 0 Å². The number of benzene rings is 4. The number of pyridine rings is 2. The number of aryl methyl sites for hydroxylation is 2. The molecule has 0 fully saturated rings. The van der Waals surface area contributed by atoms with E-state index < -0.39 is 0 Å². The van der Waals surface area contributed by atoms with E-state index in [2.05, 4.69) is 135 Å². The van der Waals surface area contributed by atoms with Gasteiger partial charge in [0, 0.05) is 22.5 Å². The lowest BCUT2D eigenvalue weighted by atomic mass is 9.97. The van der Waals surface area contributed by atoms with Crippen LogP contribution in [0.2, 0.25) is 0 Å². The molecule has 0 radical (unpaired) electrons. The van der Waals surface area contributed by atoms with Crippen LogP contribution in [-0.4, -0.2) is 9.97 Å². The van der Waals surface area contributed by atoms with Gasteiger partial charge in [0.1, 0.15) is 0 Å². The summed E-state index contributed by atoms with van der Waals surface area (Å²) in [6.45, 7) is 9.05. The number of hydrogen-bond donors (Lipinski definition) is 0. The molecule has 2 aliphatic carbocycles. The molecule has 2 heteroatoms. The Morgan fingerprint density at radius 3 is 2.10 bits per heavy atom. The second kappa shape index (κ2) is 9.36. The summed E-state index contributed by atoms with van der Waals surface area (Å²) < 4.78 is 0. The van der Waals surface area contributed by atoms with Crippen molar-refractivity contribution in [3.05, 3.63) is 138 Å². The highest BCUT2D eigenvalue weighted by atomic mass is 14.7. The van der Waals surface area contributed by atoms with E-state index in [9.17, 15) is 0 Å². The number of nitrogens with zero attached hydrogens (tertiary/aromatic N) is 2. The van der Waals surface area contributed by atoms with Crippen molar-refractivity contribution >= 4 is 60.7 Å². The lowest BCUT2D eigenvalue weighted by Crippen LogP contribution is -2.00. The molecule has 0 N–H and O–H groups in total. The molecule has 0 atom stereocenters. The monoisotopic (exact) mass is 536 g/mol. The smallest absolute Gasteiger partial charge is 0.0972 e. The van der Waals surface area contributed by atoms with Crippen molar-refractivity contribution < 1.29 is 0 Å². The van der Waals surface area contributed by atoms with Gasteiger partial charge in [-0.25, -0.2) is 4.98 Å². The molecule has 0 spiro atoms. The van der Waals surface area contributed by atoms with Crippen molar-refractivity contribution in [3.63, 3.8) is 0 Å². The van der Waals surface area contributed by atoms with Crippen LogP contribution in [0.5, 0.6) is 0 Å². The van der Waals surface area contributed by atoms with Gasteiger partial charge in [-0.2, -0.15) is 0 Å². The molecular formula is C40H28N2. The Morgan fingerprint density at radius 2 is 1.21 bits per heavy atom. The summed E-state index contributed by atoms with van der Waals surface area (Å²) in [5.41, 5.74) is 8.87. The Morgan fingerprint density at radius 1 is 0.500 bits per heavy atom. The van der Waals surface area contributed by atoms with E-state index >= 15 is 0 Å². The first-order valence-corrected chi connectivity index (χ1v) is 14.4. The summed E-state index contributed by atoms with van der Waals surface area (Å²) in [4.78, 5) is 9.82. The van der Waals surface area contributed by atoms with Crippen molar-refractivity contribution in [1.82, 2.24) is 9.97 Å². The molecule has 4 aromatic carbocycles. The molecule has 0 amide bonds. The highest BCUT2D eigenvalue weighted by molar-refractivity contribution is 6.22. The molecule has 198 valence electrons. The normalized spacial score (nSPS) is 11.7. The number of aromatic nitrogens is 2. The van der Waals surface area contributed by atoms with Crippen LogP contribution >= 0.6 is 0 Å². The van der Waals surface area contributed by atoms with Crippen LogP contribution < -0.4 is 5.22 Å². The quantitative estimate of drug-likeness (QED) is 0.195. The lowest BCUT2D eigenvalue weighted by Gasteiger charge is -2.08. The molecule has 2 nitrogen and oxygen atoms in total. The number of rotatable bonds is 1. The van der Waals surface area contributed by atoms with Crippen LogP contribution in [0.3, 0.4) is 0 Å². The van der Waals surface area contributed by atoms with E-state index in [4.69, 9.17) is 4.98 Å². The predicted octanol–water partition coefficient (Wildman–Crippen LogP) is 9.88. The van der Waals surface area contributed by atoms with Gasteiger partial charge in [-0.15, -0.1) is 0 Å². The summed E-state index contributed by atoms with van der Waals surface area (Å²) in [5.74, 6) is 0. The molecule has 2 aromatic heterocycles. The molecule has 8 rings (SSSR count). The average Bonchev–Trinajstić information content (AvgIpc) is 3.37. The third-order valence-corrected chi connectivity index (χ3v) is 8.71. The lowest BCUT2D eigenvalue weighted by molar-refractivity contribution is 1.37. The van der Waals surface area contributed by atoms with Gasteiger partial charge in [-0.05, 0) is 91.8 Å². The molecule has 2 heterocycles. The van der Waals surface area contributed by atoms with E-state index in [1.54, 1.807) is 0 Å². The van der Waals surface area contributed by atoms with Crippen LogP contribution in [-0.2, 0) is 0 Å². The standard InChI is InChI=1S/C40H28N2/c1-24-9-6-10-25(2)37-35-23-29(36-21-19-28-17-16-27-11-8-22-41-39(27)40(28)42-36)18-20-33(35)34-15-7-14-32(38(34)37)26(3)31-13-5-4-12-30(24)31/h4-23H,3H2,1-2H3. The third kappa shape index (κ3) is 3.65. The minimum Gasteiger partial charge on any atom is -0.254 e. The van der Waals surface area contributed by atoms with Gasteiger partial charge in [-0.3, -0.25) is 4.98 Å². The van der Waals surface area contributed by atoms with Crippen molar-refractivity contribution in [2.24, 2.45) is 0 Å². The number of fused-ring (bicyclic) bond motifs is 7. The van der Waals surface area contributed by atoms with Crippen molar-refractivity contribution in [2.45, 2.75) is 13.8 Å². The van der Waals surface area contributed by atoms with Crippen LogP contribution in [0.15, 0.2) is 121 Å². The van der Waals surface area contributed by atoms with Gasteiger partial charge >= 0.3 is 0 Å². The van der Waals surface area contributed by atoms with Gasteiger partial charge in [-0.1, -0.05) is 104 Å².